The molecule has 0 atom stereocenters. The number of phenolic OH excluding ortho intramolecular Hbond substituents is 1. The number of aromatic hydroxyl groups is 1. The Kier molecular flexibility index (Phi) is 7.00. The molecule has 94 valence electrons. The number of amides is 1. The number of carbonyl (C=O) groups excluding carboxylic acids is 1. The lowest BCUT2D eigenvalue weighted by Gasteiger charge is -2.05. The van der Waals surface area contributed by atoms with Gasteiger partial charge in [-0.1, -0.05) is 41.5 Å². The first kappa shape index (κ1) is 14.3. The quantitative estimate of drug-likeness (QED) is 0.452. The highest BCUT2D eigenvalue weighted by molar-refractivity contribution is 14.1. The van der Waals surface area contributed by atoms with Crippen LogP contribution in [0, 0.1) is 0 Å². The Morgan fingerprint density at radius 1 is 1.24 bits per heavy atom. The average molecular weight is 347 g/mol. The summed E-state index contributed by atoms with van der Waals surface area (Å²) in [5, 5.41) is 12.1. The summed E-state index contributed by atoms with van der Waals surface area (Å²) in [6, 6.07) is 6.40. The molecule has 0 bridgehead atoms. The van der Waals surface area contributed by atoms with Crippen LogP contribution in [0.5, 0.6) is 5.75 Å². The largest absolute Gasteiger partial charge is 0.508 e. The van der Waals surface area contributed by atoms with Crippen LogP contribution < -0.4 is 5.32 Å². The second-order valence-electron chi connectivity index (χ2n) is 3.91. The molecule has 2 N–H and O–H groups in total. The highest BCUT2D eigenvalue weighted by atomic mass is 127. The first-order valence-corrected chi connectivity index (χ1v) is 7.40. The molecular weight excluding hydrogens is 329 g/mol. The third kappa shape index (κ3) is 5.91. The van der Waals surface area contributed by atoms with Gasteiger partial charge in [0.1, 0.15) is 5.75 Å². The van der Waals surface area contributed by atoms with Crippen molar-refractivity contribution in [1.29, 1.82) is 0 Å². The van der Waals surface area contributed by atoms with Crippen LogP contribution in [-0.2, 0) is 0 Å². The van der Waals surface area contributed by atoms with Crippen LogP contribution in [0.2, 0.25) is 0 Å². The van der Waals surface area contributed by atoms with Crippen LogP contribution >= 0.6 is 22.6 Å². The average Bonchev–Trinajstić information content (AvgIpc) is 2.33. The molecule has 0 radical (unpaired) electrons. The van der Waals surface area contributed by atoms with Gasteiger partial charge in [0.05, 0.1) is 0 Å². The highest BCUT2D eigenvalue weighted by Gasteiger charge is 2.04. The van der Waals surface area contributed by atoms with E-state index >= 15 is 0 Å². The van der Waals surface area contributed by atoms with Crippen molar-refractivity contribution in [2.75, 3.05) is 11.0 Å². The van der Waals surface area contributed by atoms with Gasteiger partial charge in [0, 0.05) is 12.1 Å². The second-order valence-corrected chi connectivity index (χ2v) is 4.99. The van der Waals surface area contributed by atoms with Crippen LogP contribution in [0.3, 0.4) is 0 Å². The molecule has 0 aliphatic heterocycles. The van der Waals surface area contributed by atoms with Gasteiger partial charge in [-0.05, 0) is 35.5 Å². The van der Waals surface area contributed by atoms with Crippen LogP contribution in [0.1, 0.15) is 36.0 Å². The lowest BCUT2D eigenvalue weighted by molar-refractivity contribution is 0.0952. The second kappa shape index (κ2) is 8.33. The van der Waals surface area contributed by atoms with E-state index in [1.165, 1.54) is 23.3 Å². The van der Waals surface area contributed by atoms with Gasteiger partial charge in [-0.15, -0.1) is 0 Å². The van der Waals surface area contributed by atoms with Crippen molar-refractivity contribution >= 4 is 28.5 Å². The zero-order valence-corrected chi connectivity index (χ0v) is 11.9. The molecule has 1 rings (SSSR count). The van der Waals surface area contributed by atoms with Crippen LogP contribution in [0.15, 0.2) is 24.3 Å². The van der Waals surface area contributed by atoms with Crippen molar-refractivity contribution in [3.8, 4) is 5.75 Å². The van der Waals surface area contributed by atoms with Crippen molar-refractivity contribution in [3.05, 3.63) is 29.8 Å². The van der Waals surface area contributed by atoms with E-state index in [0.29, 0.717) is 12.1 Å². The molecule has 1 aromatic carbocycles. The summed E-state index contributed by atoms with van der Waals surface area (Å²) in [5.74, 6) is 0.00878. The number of benzene rings is 1. The van der Waals surface area contributed by atoms with E-state index < -0.39 is 0 Å². The third-order valence-electron chi connectivity index (χ3n) is 2.45. The van der Waals surface area contributed by atoms with Crippen molar-refractivity contribution in [3.63, 3.8) is 0 Å². The Balaban J connectivity index is 2.21. The summed E-state index contributed by atoms with van der Waals surface area (Å²) in [7, 11) is 0. The molecule has 0 aliphatic carbocycles. The number of nitrogens with one attached hydrogen (secondary N) is 1. The van der Waals surface area contributed by atoms with Crippen molar-refractivity contribution in [2.24, 2.45) is 0 Å². The maximum absolute atomic E-state index is 11.7. The number of halogens is 1. The van der Waals surface area contributed by atoms with Gasteiger partial charge >= 0.3 is 0 Å². The SMILES string of the molecule is O=C(NCCCCCCI)c1cccc(O)c1. The zero-order valence-electron chi connectivity index (χ0n) is 9.79. The first-order valence-electron chi connectivity index (χ1n) is 5.87. The summed E-state index contributed by atoms with van der Waals surface area (Å²) in [5.41, 5.74) is 0.511. The molecular formula is C13H18INO2. The number of rotatable bonds is 7. The normalized spacial score (nSPS) is 10.2. The topological polar surface area (TPSA) is 49.3 Å². The van der Waals surface area contributed by atoms with E-state index in [4.69, 9.17) is 0 Å². The minimum Gasteiger partial charge on any atom is -0.508 e. The monoisotopic (exact) mass is 347 g/mol. The number of unbranched alkanes of at least 4 members (excludes halogenated alkanes) is 3. The standard InChI is InChI=1S/C13H18INO2/c14-8-3-1-2-4-9-15-13(17)11-6-5-7-12(16)10-11/h5-7,10,16H,1-4,8-9H2,(H,15,17). The zero-order chi connectivity index (χ0) is 12.5. The Labute approximate surface area is 116 Å². The molecule has 0 heterocycles. The molecule has 0 fully saturated rings. The predicted molar refractivity (Wildman–Crippen MR) is 77.8 cm³/mol. The number of alkyl halides is 1. The Hall–Kier alpha value is -0.780. The molecule has 0 saturated heterocycles. The minimum absolute atomic E-state index is 0.116. The van der Waals surface area contributed by atoms with Crippen molar-refractivity contribution < 1.29 is 9.90 Å². The van der Waals surface area contributed by atoms with Gasteiger partial charge < -0.3 is 10.4 Å². The fourth-order valence-electron chi connectivity index (χ4n) is 1.52. The molecule has 4 heteroatoms. The third-order valence-corrected chi connectivity index (χ3v) is 3.22. The lowest BCUT2D eigenvalue weighted by atomic mass is 10.2. The molecule has 0 aliphatic rings. The van der Waals surface area contributed by atoms with Gasteiger partial charge in [-0.2, -0.15) is 0 Å². The fraction of sp³-hybridized carbons (Fsp3) is 0.462. The van der Waals surface area contributed by atoms with Gasteiger partial charge in [-0.25, -0.2) is 0 Å². The number of phenols is 1. The molecule has 1 amide bonds. The van der Waals surface area contributed by atoms with Gasteiger partial charge in [-0.3, -0.25) is 4.79 Å². The Morgan fingerprint density at radius 3 is 2.71 bits per heavy atom. The number of hydrogen-bond donors (Lipinski definition) is 2. The van der Waals surface area contributed by atoms with Gasteiger partial charge in [0.15, 0.2) is 0 Å². The van der Waals surface area contributed by atoms with Crippen LogP contribution in [0.4, 0.5) is 0 Å². The molecule has 1 aromatic rings. The lowest BCUT2D eigenvalue weighted by Crippen LogP contribution is -2.24. The smallest absolute Gasteiger partial charge is 0.251 e. The minimum atomic E-state index is -0.116. The van der Waals surface area contributed by atoms with E-state index in [0.717, 1.165) is 12.8 Å². The van der Waals surface area contributed by atoms with E-state index in [1.54, 1.807) is 18.2 Å². The van der Waals surface area contributed by atoms with E-state index in [1.807, 2.05) is 0 Å². The fourth-order valence-corrected chi connectivity index (χ4v) is 2.06. The predicted octanol–water partition coefficient (Wildman–Crippen LogP) is 3.12. The maximum atomic E-state index is 11.7. The molecule has 0 saturated carbocycles. The molecule has 0 unspecified atom stereocenters. The molecule has 0 aromatic heterocycles. The van der Waals surface area contributed by atoms with Crippen molar-refractivity contribution in [1.82, 2.24) is 5.32 Å². The summed E-state index contributed by atoms with van der Waals surface area (Å²) in [4.78, 5) is 11.7. The van der Waals surface area contributed by atoms with Crippen LogP contribution in [-0.4, -0.2) is 22.0 Å². The highest BCUT2D eigenvalue weighted by Crippen LogP contribution is 2.10. The number of hydrogen-bond acceptors (Lipinski definition) is 2. The Morgan fingerprint density at radius 2 is 2.00 bits per heavy atom. The molecule has 0 spiro atoms. The van der Waals surface area contributed by atoms with Crippen molar-refractivity contribution in [2.45, 2.75) is 25.7 Å². The molecule has 17 heavy (non-hydrogen) atoms. The summed E-state index contributed by atoms with van der Waals surface area (Å²) in [6.07, 6.45) is 4.65. The van der Waals surface area contributed by atoms with Crippen LogP contribution in [0.25, 0.3) is 0 Å². The van der Waals surface area contributed by atoms with E-state index in [9.17, 15) is 9.90 Å². The summed E-state index contributed by atoms with van der Waals surface area (Å²) < 4.78 is 1.20. The number of carbonyl (C=O) groups is 1. The Bertz CT molecular complexity index is 355. The van der Waals surface area contributed by atoms with Gasteiger partial charge in [0.2, 0.25) is 0 Å². The maximum Gasteiger partial charge on any atom is 0.251 e. The van der Waals surface area contributed by atoms with Gasteiger partial charge in [0.25, 0.3) is 5.91 Å². The summed E-state index contributed by atoms with van der Waals surface area (Å²) in [6.45, 7) is 0.704. The van der Waals surface area contributed by atoms with E-state index in [2.05, 4.69) is 27.9 Å². The molecule has 3 nitrogen and oxygen atoms in total. The van der Waals surface area contributed by atoms with E-state index in [-0.39, 0.29) is 11.7 Å². The first-order chi connectivity index (χ1) is 8.24. The summed E-state index contributed by atoms with van der Waals surface area (Å²) >= 11 is 2.38.